The normalized spacial score (nSPS) is 25.0. The maximum atomic E-state index is 12.5. The SMILES string of the molecule is O=C(O)CCCCCCC1(CCC(O)C2CCCCC2)NC(=S)NC1=O. The van der Waals surface area contributed by atoms with Crippen molar-refractivity contribution in [2.45, 2.75) is 95.1 Å². The van der Waals surface area contributed by atoms with E-state index >= 15 is 0 Å². The van der Waals surface area contributed by atoms with E-state index < -0.39 is 11.5 Å². The first kappa shape index (κ1) is 21.1. The van der Waals surface area contributed by atoms with Gasteiger partial charge in [0.05, 0.1) is 6.10 Å². The minimum absolute atomic E-state index is 0.0936. The number of rotatable bonds is 11. The van der Waals surface area contributed by atoms with Crippen LogP contribution in [-0.4, -0.2) is 38.8 Å². The van der Waals surface area contributed by atoms with Crippen LogP contribution in [0.4, 0.5) is 0 Å². The highest BCUT2D eigenvalue weighted by Gasteiger charge is 2.44. The molecular weight excluding hydrogens is 352 g/mol. The standard InChI is InChI=1S/C19H32N2O4S/c22-15(14-8-4-3-5-9-14)11-13-19(17(25)20-18(26)21-19)12-7-2-1-6-10-16(23)24/h14-15,22H,1-13H2,(H,23,24)(H2,20,21,25,26). The highest BCUT2D eigenvalue weighted by atomic mass is 32.1. The van der Waals surface area contributed by atoms with E-state index in [0.29, 0.717) is 36.7 Å². The van der Waals surface area contributed by atoms with E-state index in [1.807, 2.05) is 0 Å². The van der Waals surface area contributed by atoms with Gasteiger partial charge < -0.3 is 20.8 Å². The Hall–Kier alpha value is -1.21. The number of carboxylic acid groups (broad SMARTS) is 1. The Morgan fingerprint density at radius 2 is 1.85 bits per heavy atom. The smallest absolute Gasteiger partial charge is 0.303 e. The molecule has 0 bridgehead atoms. The number of aliphatic hydroxyl groups excluding tert-OH is 1. The average molecular weight is 385 g/mol. The van der Waals surface area contributed by atoms with Crippen molar-refractivity contribution in [3.8, 4) is 0 Å². The van der Waals surface area contributed by atoms with E-state index in [0.717, 1.165) is 32.1 Å². The lowest BCUT2D eigenvalue weighted by Crippen LogP contribution is -2.47. The lowest BCUT2D eigenvalue weighted by Gasteiger charge is -2.31. The number of nitrogens with one attached hydrogen (secondary N) is 2. The van der Waals surface area contributed by atoms with E-state index in [1.165, 1.54) is 19.3 Å². The van der Waals surface area contributed by atoms with E-state index in [1.54, 1.807) is 0 Å². The Bertz CT molecular complexity index is 508. The quantitative estimate of drug-likeness (QED) is 0.323. The molecule has 7 heteroatoms. The van der Waals surface area contributed by atoms with E-state index in [4.69, 9.17) is 17.3 Å². The van der Waals surface area contributed by atoms with Gasteiger partial charge in [0, 0.05) is 6.42 Å². The van der Waals surface area contributed by atoms with Crippen molar-refractivity contribution >= 4 is 29.2 Å². The summed E-state index contributed by atoms with van der Waals surface area (Å²) in [5, 5.41) is 25.4. The van der Waals surface area contributed by atoms with Gasteiger partial charge >= 0.3 is 5.97 Å². The Balaban J connectivity index is 1.81. The van der Waals surface area contributed by atoms with E-state index in [2.05, 4.69) is 10.6 Å². The minimum atomic E-state index is -0.764. The predicted molar refractivity (Wildman–Crippen MR) is 104 cm³/mol. The largest absolute Gasteiger partial charge is 0.481 e. The van der Waals surface area contributed by atoms with Gasteiger partial charge in [-0.05, 0) is 56.7 Å². The first-order valence-corrected chi connectivity index (χ1v) is 10.4. The second-order valence-electron chi connectivity index (χ2n) is 7.80. The number of amides is 1. The Labute approximate surface area is 161 Å². The van der Waals surface area contributed by atoms with Crippen molar-refractivity contribution in [3.05, 3.63) is 0 Å². The van der Waals surface area contributed by atoms with Crippen molar-refractivity contribution in [2.75, 3.05) is 0 Å². The first-order chi connectivity index (χ1) is 12.4. The first-order valence-electron chi connectivity index (χ1n) is 9.96. The number of carboxylic acids is 1. The van der Waals surface area contributed by atoms with Crippen LogP contribution < -0.4 is 10.6 Å². The molecule has 1 saturated carbocycles. The van der Waals surface area contributed by atoms with Crippen LogP contribution in [0, 0.1) is 5.92 Å². The maximum absolute atomic E-state index is 12.5. The molecule has 1 amide bonds. The fourth-order valence-corrected chi connectivity index (χ4v) is 4.50. The number of aliphatic carboxylic acids is 1. The van der Waals surface area contributed by atoms with Gasteiger partial charge in [0.1, 0.15) is 5.54 Å². The van der Waals surface area contributed by atoms with Gasteiger partial charge in [-0.25, -0.2) is 0 Å². The third-order valence-corrected chi connectivity index (χ3v) is 6.02. The van der Waals surface area contributed by atoms with Gasteiger partial charge in [-0.15, -0.1) is 0 Å². The van der Waals surface area contributed by atoms with Crippen molar-refractivity contribution in [2.24, 2.45) is 5.92 Å². The molecule has 6 nitrogen and oxygen atoms in total. The third-order valence-electron chi connectivity index (χ3n) is 5.82. The zero-order valence-corrected chi connectivity index (χ0v) is 16.3. The van der Waals surface area contributed by atoms with Crippen LogP contribution >= 0.6 is 12.2 Å². The summed E-state index contributed by atoms with van der Waals surface area (Å²) in [7, 11) is 0. The number of hydrogen-bond acceptors (Lipinski definition) is 4. The summed E-state index contributed by atoms with van der Waals surface area (Å²) in [6.45, 7) is 0. The van der Waals surface area contributed by atoms with Crippen LogP contribution in [0.15, 0.2) is 0 Å². The van der Waals surface area contributed by atoms with Crippen LogP contribution in [0.5, 0.6) is 0 Å². The molecule has 2 fully saturated rings. The van der Waals surface area contributed by atoms with Crippen LogP contribution in [-0.2, 0) is 9.59 Å². The Kier molecular flexibility index (Phi) is 8.28. The summed E-state index contributed by atoms with van der Waals surface area (Å²) in [4.78, 5) is 23.0. The average Bonchev–Trinajstić information content (AvgIpc) is 2.90. The monoisotopic (exact) mass is 384 g/mol. The summed E-state index contributed by atoms with van der Waals surface area (Å²) in [5.41, 5.74) is -0.723. The second-order valence-corrected chi connectivity index (χ2v) is 8.21. The highest BCUT2D eigenvalue weighted by Crippen LogP contribution is 2.31. The molecule has 0 radical (unpaired) electrons. The number of carbonyl (C=O) groups excluding carboxylic acids is 1. The van der Waals surface area contributed by atoms with Gasteiger partial charge in [0.25, 0.3) is 5.91 Å². The molecule has 1 aliphatic carbocycles. The summed E-state index contributed by atoms with van der Waals surface area (Å²) in [6.07, 6.45) is 10.7. The van der Waals surface area contributed by atoms with Crippen LogP contribution in [0.3, 0.4) is 0 Å². The Morgan fingerprint density at radius 1 is 1.15 bits per heavy atom. The van der Waals surface area contributed by atoms with Gasteiger partial charge in [-0.2, -0.15) is 0 Å². The van der Waals surface area contributed by atoms with Gasteiger partial charge in [-0.1, -0.05) is 38.5 Å². The maximum Gasteiger partial charge on any atom is 0.303 e. The molecule has 26 heavy (non-hydrogen) atoms. The van der Waals surface area contributed by atoms with Crippen LogP contribution in [0.2, 0.25) is 0 Å². The second kappa shape index (κ2) is 10.2. The summed E-state index contributed by atoms with van der Waals surface area (Å²) < 4.78 is 0. The summed E-state index contributed by atoms with van der Waals surface area (Å²) >= 11 is 5.13. The van der Waals surface area contributed by atoms with Gasteiger partial charge in [0.2, 0.25) is 0 Å². The van der Waals surface area contributed by atoms with Crippen molar-refractivity contribution in [1.82, 2.24) is 10.6 Å². The summed E-state index contributed by atoms with van der Waals surface area (Å²) in [5.74, 6) is -0.502. The van der Waals surface area contributed by atoms with Crippen molar-refractivity contribution < 1.29 is 19.8 Å². The zero-order chi connectivity index (χ0) is 19.0. The molecule has 0 aromatic heterocycles. The number of hydrogen-bond donors (Lipinski definition) is 4. The molecule has 2 unspecified atom stereocenters. The van der Waals surface area contributed by atoms with Gasteiger partial charge in [-0.3, -0.25) is 9.59 Å². The fourth-order valence-electron chi connectivity index (χ4n) is 4.21. The van der Waals surface area contributed by atoms with E-state index in [-0.39, 0.29) is 18.4 Å². The zero-order valence-electron chi connectivity index (χ0n) is 15.5. The molecule has 1 aliphatic heterocycles. The number of unbranched alkanes of at least 4 members (excludes halogenated alkanes) is 3. The van der Waals surface area contributed by atoms with Crippen molar-refractivity contribution in [1.29, 1.82) is 0 Å². The fraction of sp³-hybridized carbons (Fsp3) is 0.842. The molecular formula is C19H32N2O4S. The topological polar surface area (TPSA) is 98.7 Å². The van der Waals surface area contributed by atoms with Crippen LogP contribution in [0.25, 0.3) is 0 Å². The molecule has 2 atom stereocenters. The molecule has 2 aliphatic rings. The third kappa shape index (κ3) is 6.20. The molecule has 1 saturated heterocycles. The molecule has 4 N–H and O–H groups in total. The lowest BCUT2D eigenvalue weighted by molar-refractivity contribution is -0.137. The molecule has 0 aromatic rings. The molecule has 2 rings (SSSR count). The number of aliphatic hydroxyl groups is 1. The van der Waals surface area contributed by atoms with E-state index in [9.17, 15) is 14.7 Å². The molecule has 0 aromatic carbocycles. The minimum Gasteiger partial charge on any atom is -0.481 e. The lowest BCUT2D eigenvalue weighted by atomic mass is 9.80. The summed E-state index contributed by atoms with van der Waals surface area (Å²) in [6, 6.07) is 0. The molecule has 0 spiro atoms. The number of carbonyl (C=O) groups is 2. The molecule has 148 valence electrons. The highest BCUT2D eigenvalue weighted by molar-refractivity contribution is 7.80. The molecule has 1 heterocycles. The Morgan fingerprint density at radius 3 is 2.46 bits per heavy atom. The van der Waals surface area contributed by atoms with Crippen molar-refractivity contribution in [3.63, 3.8) is 0 Å². The van der Waals surface area contributed by atoms with Crippen LogP contribution in [0.1, 0.15) is 83.5 Å². The van der Waals surface area contributed by atoms with Gasteiger partial charge in [0.15, 0.2) is 5.11 Å². The predicted octanol–water partition coefficient (Wildman–Crippen LogP) is 2.88. The number of thiocarbonyl (C=S) groups is 1.